The molecule has 0 fully saturated rings. The molecule has 0 amide bonds. The Bertz CT molecular complexity index is 384. The molecule has 2 heterocycles. The van der Waals surface area contributed by atoms with E-state index in [2.05, 4.69) is 19.4 Å². The molecule has 0 aliphatic rings. The Morgan fingerprint density at radius 1 is 1.45 bits per heavy atom. The number of rotatable bonds is 1. The van der Waals surface area contributed by atoms with Crippen LogP contribution in [0.4, 0.5) is 0 Å². The minimum Gasteiger partial charge on any atom is -0.386 e. The maximum Gasteiger partial charge on any atom is 0.287 e. The van der Waals surface area contributed by atoms with Gasteiger partial charge in [0.2, 0.25) is 0 Å². The summed E-state index contributed by atoms with van der Waals surface area (Å²) in [6, 6.07) is 0. The summed E-state index contributed by atoms with van der Waals surface area (Å²) in [5, 5.41) is 5.61. The summed E-state index contributed by atoms with van der Waals surface area (Å²) >= 11 is 0. The Kier molecular flexibility index (Phi) is 1.15. The largest absolute Gasteiger partial charge is 0.386 e. The molecule has 56 valence electrons. The van der Waals surface area contributed by atoms with E-state index in [4.69, 9.17) is 0 Å². The lowest BCUT2D eigenvalue weighted by atomic mass is 10.2. The van der Waals surface area contributed by atoms with Crippen molar-refractivity contribution in [3.8, 4) is 11.1 Å². The highest BCUT2D eigenvalue weighted by atomic mass is 16.5. The van der Waals surface area contributed by atoms with E-state index in [-0.39, 0.29) is 5.56 Å². The summed E-state index contributed by atoms with van der Waals surface area (Å²) in [6.07, 6.45) is 4.13. The molecule has 2 aromatic rings. The molecule has 5 nitrogen and oxygen atoms in total. The van der Waals surface area contributed by atoms with Gasteiger partial charge in [-0.3, -0.25) is 4.79 Å². The smallest absolute Gasteiger partial charge is 0.287 e. The second-order valence-electron chi connectivity index (χ2n) is 1.99. The van der Waals surface area contributed by atoms with Crippen LogP contribution in [0.15, 0.2) is 32.6 Å². The molecule has 0 aromatic carbocycles. The number of aromatic amines is 1. The molecule has 2 aromatic heterocycles. The van der Waals surface area contributed by atoms with E-state index in [0.717, 1.165) is 0 Å². The van der Waals surface area contributed by atoms with Crippen LogP contribution in [0, 0.1) is 0 Å². The Balaban J connectivity index is 2.62. The van der Waals surface area contributed by atoms with Gasteiger partial charge in [-0.25, -0.2) is 0 Å². The molecule has 5 heteroatoms. The van der Waals surface area contributed by atoms with Crippen molar-refractivity contribution in [3.63, 3.8) is 0 Å². The van der Waals surface area contributed by atoms with Crippen LogP contribution in [0.1, 0.15) is 0 Å². The molecule has 11 heavy (non-hydrogen) atoms. The average Bonchev–Trinajstić information content (AvgIpc) is 2.55. The van der Waals surface area contributed by atoms with Gasteiger partial charge in [0.25, 0.3) is 5.56 Å². The molecule has 0 atom stereocenters. The Morgan fingerprint density at radius 2 is 2.36 bits per heavy atom. The van der Waals surface area contributed by atoms with Gasteiger partial charge in [-0.2, -0.15) is 5.16 Å². The normalized spacial score (nSPS) is 10.2. The number of hydrogen-bond donors (Lipinski definition) is 1. The van der Waals surface area contributed by atoms with Crippen molar-refractivity contribution in [2.24, 2.45) is 0 Å². The first-order valence-electron chi connectivity index (χ1n) is 2.94. The average molecular weight is 152 g/mol. The van der Waals surface area contributed by atoms with Gasteiger partial charge in [-0.05, 0) is 0 Å². The predicted octanol–water partition coefficient (Wildman–Crippen LogP) is 0.623. The first kappa shape index (κ1) is 5.96. The number of nitrogens with zero attached hydrogens (tertiary/aromatic N) is 1. The number of nitrogens with one attached hydrogen (secondary N) is 1. The van der Waals surface area contributed by atoms with Gasteiger partial charge in [0, 0.05) is 0 Å². The first-order chi connectivity index (χ1) is 5.38. The molecule has 0 aliphatic heterocycles. The fraction of sp³-hybridized carbons (Fsp3) is 0. The summed E-state index contributed by atoms with van der Waals surface area (Å²) in [5.74, 6) is 0. The van der Waals surface area contributed by atoms with Crippen LogP contribution in [-0.2, 0) is 0 Å². The zero-order chi connectivity index (χ0) is 7.68. The van der Waals surface area contributed by atoms with Crippen molar-refractivity contribution in [1.29, 1.82) is 0 Å². The van der Waals surface area contributed by atoms with Crippen LogP contribution in [0.2, 0.25) is 0 Å². The van der Waals surface area contributed by atoms with Crippen LogP contribution >= 0.6 is 0 Å². The van der Waals surface area contributed by atoms with Gasteiger partial charge in [0.15, 0.2) is 0 Å². The number of hydrogen-bond acceptors (Lipinski definition) is 4. The highest BCUT2D eigenvalue weighted by molar-refractivity contribution is 5.57. The fourth-order valence-corrected chi connectivity index (χ4v) is 0.787. The maximum absolute atomic E-state index is 10.9. The SMILES string of the molecule is O=c1[nH]occ1-c1cnoc1. The zero-order valence-electron chi connectivity index (χ0n) is 5.40. The monoisotopic (exact) mass is 152 g/mol. The van der Waals surface area contributed by atoms with Crippen molar-refractivity contribution in [1.82, 2.24) is 10.3 Å². The maximum atomic E-state index is 10.9. The van der Waals surface area contributed by atoms with Gasteiger partial charge in [-0.1, -0.05) is 5.16 Å². The van der Waals surface area contributed by atoms with Crippen molar-refractivity contribution in [3.05, 3.63) is 29.1 Å². The second kappa shape index (κ2) is 2.12. The van der Waals surface area contributed by atoms with E-state index >= 15 is 0 Å². The second-order valence-corrected chi connectivity index (χ2v) is 1.99. The highest BCUT2D eigenvalue weighted by Crippen LogP contribution is 2.12. The molecular weight excluding hydrogens is 148 g/mol. The third kappa shape index (κ3) is 0.861. The van der Waals surface area contributed by atoms with Crippen molar-refractivity contribution in [2.45, 2.75) is 0 Å². The Morgan fingerprint density at radius 3 is 2.91 bits per heavy atom. The summed E-state index contributed by atoms with van der Waals surface area (Å²) in [5.41, 5.74) is 0.749. The third-order valence-corrected chi connectivity index (χ3v) is 1.32. The molecular formula is C6H4N2O3. The lowest BCUT2D eigenvalue weighted by molar-refractivity contribution is 0.414. The van der Waals surface area contributed by atoms with Crippen LogP contribution in [-0.4, -0.2) is 10.3 Å². The standard InChI is InChI=1S/C6H4N2O3/c9-6-5(3-11-8-6)4-1-7-10-2-4/h1-3H,(H,8,9). The van der Waals surface area contributed by atoms with E-state index in [1.807, 2.05) is 0 Å². The number of H-pyrrole nitrogens is 1. The molecule has 1 N–H and O–H groups in total. The quantitative estimate of drug-likeness (QED) is 0.650. The minimum atomic E-state index is -0.284. The van der Waals surface area contributed by atoms with Gasteiger partial charge >= 0.3 is 0 Å². The van der Waals surface area contributed by atoms with Crippen molar-refractivity contribution in [2.75, 3.05) is 0 Å². The number of aromatic nitrogens is 2. The minimum absolute atomic E-state index is 0.284. The van der Waals surface area contributed by atoms with E-state index in [9.17, 15) is 4.79 Å². The first-order valence-corrected chi connectivity index (χ1v) is 2.94. The van der Waals surface area contributed by atoms with E-state index < -0.39 is 0 Å². The predicted molar refractivity (Wildman–Crippen MR) is 34.8 cm³/mol. The molecule has 0 aliphatic carbocycles. The Labute approximate surface area is 60.6 Å². The fourth-order valence-electron chi connectivity index (χ4n) is 0.787. The summed E-state index contributed by atoms with van der Waals surface area (Å²) in [7, 11) is 0. The van der Waals surface area contributed by atoms with Crippen LogP contribution in [0.3, 0.4) is 0 Å². The molecule has 0 saturated carbocycles. The van der Waals surface area contributed by atoms with Gasteiger partial charge in [0.1, 0.15) is 12.5 Å². The van der Waals surface area contributed by atoms with E-state index in [0.29, 0.717) is 11.1 Å². The zero-order valence-corrected chi connectivity index (χ0v) is 5.40. The molecule has 0 radical (unpaired) electrons. The topological polar surface area (TPSA) is 72.0 Å². The Hall–Kier alpha value is -1.78. The van der Waals surface area contributed by atoms with Crippen molar-refractivity contribution < 1.29 is 9.05 Å². The highest BCUT2D eigenvalue weighted by Gasteiger charge is 2.06. The van der Waals surface area contributed by atoms with Crippen LogP contribution in [0.5, 0.6) is 0 Å². The van der Waals surface area contributed by atoms with E-state index in [1.165, 1.54) is 18.7 Å². The summed E-state index contributed by atoms with van der Waals surface area (Å²) in [4.78, 5) is 10.9. The lowest BCUT2D eigenvalue weighted by Crippen LogP contribution is -1.99. The molecule has 0 spiro atoms. The van der Waals surface area contributed by atoms with Crippen LogP contribution < -0.4 is 5.56 Å². The van der Waals surface area contributed by atoms with E-state index in [1.54, 1.807) is 0 Å². The van der Waals surface area contributed by atoms with Crippen LogP contribution in [0.25, 0.3) is 11.1 Å². The van der Waals surface area contributed by atoms with Gasteiger partial charge < -0.3 is 9.05 Å². The molecule has 0 saturated heterocycles. The van der Waals surface area contributed by atoms with Gasteiger partial charge in [0.05, 0.1) is 17.3 Å². The third-order valence-electron chi connectivity index (χ3n) is 1.32. The summed E-state index contributed by atoms with van der Waals surface area (Å²) in [6.45, 7) is 0. The molecule has 2 rings (SSSR count). The van der Waals surface area contributed by atoms with Crippen molar-refractivity contribution >= 4 is 0 Å². The summed E-state index contributed by atoms with van der Waals surface area (Å²) < 4.78 is 9.11. The molecule has 0 unspecified atom stereocenters. The molecule has 0 bridgehead atoms. The van der Waals surface area contributed by atoms with Gasteiger partial charge in [-0.15, -0.1) is 0 Å². The lowest BCUT2D eigenvalue weighted by Gasteiger charge is -1.78.